The van der Waals surface area contributed by atoms with Crippen LogP contribution in [0.3, 0.4) is 0 Å². The summed E-state index contributed by atoms with van der Waals surface area (Å²) >= 11 is 1.08. The first-order chi connectivity index (χ1) is 9.58. The summed E-state index contributed by atoms with van der Waals surface area (Å²) in [6.45, 7) is 7.86. The van der Waals surface area contributed by atoms with E-state index >= 15 is 0 Å². The zero-order chi connectivity index (χ0) is 16.3. The monoisotopic (exact) mass is 324 g/mol. The van der Waals surface area contributed by atoms with E-state index in [1.165, 1.54) is 7.11 Å². The van der Waals surface area contributed by atoms with Gasteiger partial charge in [0.2, 0.25) is 0 Å². The van der Waals surface area contributed by atoms with Gasteiger partial charge >= 0.3 is 6.18 Å². The number of hydrogen-bond donors (Lipinski definition) is 1. The number of hydrogen-bond acceptors (Lipinski definition) is 4. The molecule has 0 aliphatic heterocycles. The van der Waals surface area contributed by atoms with Gasteiger partial charge in [0.25, 0.3) is 0 Å². The van der Waals surface area contributed by atoms with Crippen LogP contribution in [-0.4, -0.2) is 17.6 Å². The van der Waals surface area contributed by atoms with Crippen LogP contribution in [-0.2, 0) is 17.5 Å². The molecule has 3 nitrogen and oxygen atoms in total. The third-order valence-electron chi connectivity index (χ3n) is 2.87. The molecule has 1 N–H and O–H groups in total. The van der Waals surface area contributed by atoms with Crippen molar-refractivity contribution in [2.75, 3.05) is 7.11 Å². The molecule has 21 heavy (non-hydrogen) atoms. The minimum absolute atomic E-state index is 0.151. The van der Waals surface area contributed by atoms with E-state index in [9.17, 15) is 13.2 Å². The molecule has 122 valence electrons. The molecular weight excluding hydrogens is 301 g/mol. The average molecular weight is 324 g/mol. The summed E-state index contributed by atoms with van der Waals surface area (Å²) in [5.74, 6) is 0. The molecule has 0 bridgehead atoms. The highest BCUT2D eigenvalue weighted by Crippen LogP contribution is 2.37. The Bertz CT molecular complexity index is 452. The minimum atomic E-state index is -4.44. The second-order valence-electron chi connectivity index (χ2n) is 5.94. The Labute approximate surface area is 127 Å². The van der Waals surface area contributed by atoms with Gasteiger partial charge < -0.3 is 10.1 Å². The molecule has 1 aromatic heterocycles. The van der Waals surface area contributed by atoms with Crippen molar-refractivity contribution in [3.63, 3.8) is 0 Å². The Morgan fingerprint density at radius 3 is 2.33 bits per heavy atom. The quantitative estimate of drug-likeness (QED) is 0.834. The molecule has 0 saturated heterocycles. The molecule has 0 aliphatic rings. The normalized spacial score (nSPS) is 14.5. The lowest BCUT2D eigenvalue weighted by molar-refractivity contribution is -0.141. The van der Waals surface area contributed by atoms with Crippen molar-refractivity contribution in [1.29, 1.82) is 0 Å². The van der Waals surface area contributed by atoms with E-state index in [-0.39, 0.29) is 23.1 Å². The van der Waals surface area contributed by atoms with Gasteiger partial charge in [-0.25, -0.2) is 4.98 Å². The van der Waals surface area contributed by atoms with Crippen molar-refractivity contribution in [1.82, 2.24) is 10.3 Å². The standard InChI is InChI=1S/C14H23F3N2OS/c1-6-7-9(20-5)12-19-11(14(15,16)17)10(21-12)8-18-13(2,3)4/h9,18H,6-8H2,1-5H3. The molecular formula is C14H23F3N2OS. The molecule has 0 amide bonds. The van der Waals surface area contributed by atoms with Gasteiger partial charge in [0, 0.05) is 19.2 Å². The summed E-state index contributed by atoms with van der Waals surface area (Å²) in [6.07, 6.45) is -3.32. The highest BCUT2D eigenvalue weighted by Gasteiger charge is 2.38. The molecule has 1 unspecified atom stereocenters. The number of halogens is 3. The minimum Gasteiger partial charge on any atom is -0.374 e. The van der Waals surface area contributed by atoms with E-state index < -0.39 is 11.9 Å². The molecule has 0 aliphatic carbocycles. The van der Waals surface area contributed by atoms with Gasteiger partial charge in [0.05, 0.1) is 4.88 Å². The Morgan fingerprint density at radius 1 is 1.29 bits per heavy atom. The fourth-order valence-corrected chi connectivity index (χ4v) is 2.94. The smallest absolute Gasteiger partial charge is 0.374 e. The molecule has 1 rings (SSSR count). The van der Waals surface area contributed by atoms with Crippen LogP contribution in [0.4, 0.5) is 13.2 Å². The number of ether oxygens (including phenoxy) is 1. The van der Waals surface area contributed by atoms with E-state index in [4.69, 9.17) is 4.74 Å². The van der Waals surface area contributed by atoms with Crippen LogP contribution >= 0.6 is 11.3 Å². The molecule has 0 aromatic carbocycles. The van der Waals surface area contributed by atoms with Gasteiger partial charge in [-0.2, -0.15) is 13.2 Å². The predicted octanol–water partition coefficient (Wildman–Crippen LogP) is 4.54. The second-order valence-corrected chi connectivity index (χ2v) is 7.05. The lowest BCUT2D eigenvalue weighted by atomic mass is 10.1. The number of nitrogens with one attached hydrogen (secondary N) is 1. The maximum absolute atomic E-state index is 13.1. The van der Waals surface area contributed by atoms with Crippen molar-refractivity contribution < 1.29 is 17.9 Å². The number of aromatic nitrogens is 1. The molecule has 1 aromatic rings. The second kappa shape index (κ2) is 7.07. The van der Waals surface area contributed by atoms with Crippen LogP contribution in [0.15, 0.2) is 0 Å². The van der Waals surface area contributed by atoms with Crippen LogP contribution in [0.2, 0.25) is 0 Å². The topological polar surface area (TPSA) is 34.1 Å². The van der Waals surface area contributed by atoms with Gasteiger partial charge in [-0.3, -0.25) is 0 Å². The zero-order valence-corrected chi connectivity index (χ0v) is 13.9. The third-order valence-corrected chi connectivity index (χ3v) is 4.02. The summed E-state index contributed by atoms with van der Waals surface area (Å²) in [4.78, 5) is 4.01. The van der Waals surface area contributed by atoms with Gasteiger partial charge in [-0.05, 0) is 27.2 Å². The molecule has 0 saturated carbocycles. The van der Waals surface area contributed by atoms with E-state index in [0.29, 0.717) is 11.4 Å². The predicted molar refractivity (Wildman–Crippen MR) is 78.4 cm³/mol. The summed E-state index contributed by atoms with van der Waals surface area (Å²) in [5.41, 5.74) is -1.05. The number of thiazole rings is 1. The first-order valence-electron chi connectivity index (χ1n) is 6.93. The highest BCUT2D eigenvalue weighted by molar-refractivity contribution is 7.11. The van der Waals surface area contributed by atoms with Crippen molar-refractivity contribution in [3.8, 4) is 0 Å². The summed E-state index contributed by atoms with van der Waals surface area (Å²) in [6, 6.07) is 0. The molecule has 7 heteroatoms. The Hall–Kier alpha value is -0.660. The number of rotatable bonds is 6. The van der Waals surface area contributed by atoms with Gasteiger partial charge in [-0.1, -0.05) is 13.3 Å². The number of alkyl halides is 3. The molecule has 0 radical (unpaired) electrons. The van der Waals surface area contributed by atoms with E-state index in [0.717, 1.165) is 17.8 Å². The molecule has 1 heterocycles. The fourth-order valence-electron chi connectivity index (χ4n) is 1.80. The molecule has 0 spiro atoms. The Balaban J connectivity index is 3.07. The largest absolute Gasteiger partial charge is 0.434 e. The van der Waals surface area contributed by atoms with Crippen LogP contribution in [0, 0.1) is 0 Å². The van der Waals surface area contributed by atoms with Gasteiger partial charge in [-0.15, -0.1) is 11.3 Å². The van der Waals surface area contributed by atoms with Gasteiger partial charge in [0.1, 0.15) is 11.1 Å². The first kappa shape index (κ1) is 18.4. The van der Waals surface area contributed by atoms with Crippen LogP contribution in [0.25, 0.3) is 0 Å². The van der Waals surface area contributed by atoms with Crippen molar-refractivity contribution in [2.24, 2.45) is 0 Å². The van der Waals surface area contributed by atoms with E-state index in [1.807, 2.05) is 27.7 Å². The van der Waals surface area contributed by atoms with Crippen LogP contribution < -0.4 is 5.32 Å². The number of nitrogens with zero attached hydrogens (tertiary/aromatic N) is 1. The summed E-state index contributed by atoms with van der Waals surface area (Å²) in [7, 11) is 1.50. The van der Waals surface area contributed by atoms with Crippen LogP contribution in [0.5, 0.6) is 0 Å². The third kappa shape index (κ3) is 5.56. The lowest BCUT2D eigenvalue weighted by Crippen LogP contribution is -2.35. The SMILES string of the molecule is CCCC(OC)c1nc(C(F)(F)F)c(CNC(C)(C)C)s1. The lowest BCUT2D eigenvalue weighted by Gasteiger charge is -2.20. The maximum Gasteiger partial charge on any atom is 0.434 e. The molecule has 1 atom stereocenters. The Morgan fingerprint density at radius 2 is 1.90 bits per heavy atom. The van der Waals surface area contributed by atoms with Crippen molar-refractivity contribution in [3.05, 3.63) is 15.6 Å². The van der Waals surface area contributed by atoms with E-state index in [2.05, 4.69) is 10.3 Å². The number of methoxy groups -OCH3 is 1. The zero-order valence-electron chi connectivity index (χ0n) is 13.1. The summed E-state index contributed by atoms with van der Waals surface area (Å²) in [5, 5.41) is 3.48. The first-order valence-corrected chi connectivity index (χ1v) is 7.74. The average Bonchev–Trinajstić information content (AvgIpc) is 2.76. The van der Waals surface area contributed by atoms with Crippen molar-refractivity contribution in [2.45, 2.75) is 64.9 Å². The van der Waals surface area contributed by atoms with E-state index in [1.54, 1.807) is 0 Å². The highest BCUT2D eigenvalue weighted by atomic mass is 32.1. The summed E-state index contributed by atoms with van der Waals surface area (Å²) < 4.78 is 44.6. The molecule has 0 fully saturated rings. The Kier molecular flexibility index (Phi) is 6.19. The van der Waals surface area contributed by atoms with Crippen molar-refractivity contribution >= 4 is 11.3 Å². The van der Waals surface area contributed by atoms with Gasteiger partial charge in [0.15, 0.2) is 5.69 Å². The van der Waals surface area contributed by atoms with Crippen LogP contribution in [0.1, 0.15) is 62.2 Å². The maximum atomic E-state index is 13.1. The fraction of sp³-hybridized carbons (Fsp3) is 0.786.